The average molecular weight is 253 g/mol. The Morgan fingerprint density at radius 2 is 2.18 bits per heavy atom. The number of hydrogen-bond acceptors (Lipinski definition) is 4. The van der Waals surface area contributed by atoms with Crippen LogP contribution < -0.4 is 4.72 Å². The minimum atomic E-state index is -3.52. The summed E-state index contributed by atoms with van der Waals surface area (Å²) in [4.78, 5) is 0. The zero-order valence-electron chi connectivity index (χ0n) is 8.88. The smallest absolute Gasteiger partial charge is 0.274 e. The fourth-order valence-corrected chi connectivity index (χ4v) is 2.72. The van der Waals surface area contributed by atoms with Crippen LogP contribution in [0.1, 0.15) is 12.8 Å². The first-order valence-electron chi connectivity index (χ1n) is 5.27. The minimum absolute atomic E-state index is 0.0611. The monoisotopic (exact) mass is 253 g/mol. The van der Waals surface area contributed by atoms with E-state index in [1.54, 1.807) is 18.3 Å². The molecule has 2 aromatic rings. The molecule has 0 bridgehead atoms. The van der Waals surface area contributed by atoms with Gasteiger partial charge < -0.3 is 4.42 Å². The number of sulfonamides is 1. The highest BCUT2D eigenvalue weighted by Crippen LogP contribution is 2.25. The van der Waals surface area contributed by atoms with E-state index in [4.69, 9.17) is 4.42 Å². The highest BCUT2D eigenvalue weighted by molar-refractivity contribution is 7.89. The molecule has 1 aliphatic carbocycles. The summed E-state index contributed by atoms with van der Waals surface area (Å²) < 4.78 is 31.5. The van der Waals surface area contributed by atoms with E-state index in [1.807, 2.05) is 0 Å². The standard InChI is InChI=1S/C10H11N3O3S/c14-17(15,13-7-1-2-7)10-4-3-9(16-10)8-5-6-11-12-8/h3-7,13H,1-2H2,(H,11,12). The van der Waals surface area contributed by atoms with Gasteiger partial charge in [-0.25, -0.2) is 13.1 Å². The molecule has 0 spiro atoms. The van der Waals surface area contributed by atoms with Crippen LogP contribution in [0.5, 0.6) is 0 Å². The summed E-state index contributed by atoms with van der Waals surface area (Å²) in [5.74, 6) is 0.457. The van der Waals surface area contributed by atoms with E-state index < -0.39 is 10.0 Å². The molecule has 0 radical (unpaired) electrons. The van der Waals surface area contributed by atoms with E-state index in [9.17, 15) is 8.42 Å². The Balaban J connectivity index is 1.89. The SMILES string of the molecule is O=S(=O)(NC1CC1)c1ccc(-c2ccn[nH]2)o1. The molecule has 7 heteroatoms. The second-order valence-corrected chi connectivity index (χ2v) is 5.63. The highest BCUT2D eigenvalue weighted by atomic mass is 32.2. The van der Waals surface area contributed by atoms with Gasteiger partial charge in [0.05, 0.1) is 0 Å². The first kappa shape index (κ1) is 10.5. The van der Waals surface area contributed by atoms with Crippen molar-refractivity contribution in [2.45, 2.75) is 24.0 Å². The summed E-state index contributed by atoms with van der Waals surface area (Å²) >= 11 is 0. The van der Waals surface area contributed by atoms with Gasteiger partial charge in [0.1, 0.15) is 5.69 Å². The molecule has 0 saturated heterocycles. The molecule has 1 aliphatic rings. The van der Waals surface area contributed by atoms with E-state index in [1.165, 1.54) is 6.07 Å². The van der Waals surface area contributed by atoms with Gasteiger partial charge in [-0.15, -0.1) is 0 Å². The summed E-state index contributed by atoms with van der Waals surface area (Å²) in [6.45, 7) is 0. The molecule has 2 heterocycles. The van der Waals surface area contributed by atoms with Gasteiger partial charge in [0.15, 0.2) is 5.76 Å². The maximum Gasteiger partial charge on any atom is 0.274 e. The first-order valence-corrected chi connectivity index (χ1v) is 6.75. The van der Waals surface area contributed by atoms with E-state index in [0.29, 0.717) is 11.5 Å². The molecule has 0 atom stereocenters. The highest BCUT2D eigenvalue weighted by Gasteiger charge is 2.29. The van der Waals surface area contributed by atoms with Crippen molar-refractivity contribution in [2.75, 3.05) is 0 Å². The molecule has 1 fully saturated rings. The van der Waals surface area contributed by atoms with Gasteiger partial charge in [0, 0.05) is 12.2 Å². The van der Waals surface area contributed by atoms with Crippen molar-refractivity contribution in [1.82, 2.24) is 14.9 Å². The maximum absolute atomic E-state index is 11.8. The second kappa shape index (κ2) is 3.71. The fraction of sp³-hybridized carbons (Fsp3) is 0.300. The predicted octanol–water partition coefficient (Wildman–Crippen LogP) is 1.11. The van der Waals surface area contributed by atoms with Crippen LogP contribution in [-0.2, 0) is 10.0 Å². The van der Waals surface area contributed by atoms with Crippen LogP contribution >= 0.6 is 0 Å². The van der Waals surface area contributed by atoms with Crippen LogP contribution in [-0.4, -0.2) is 24.7 Å². The van der Waals surface area contributed by atoms with Gasteiger partial charge >= 0.3 is 0 Å². The molecule has 0 aromatic carbocycles. The molecule has 0 amide bonds. The number of nitrogens with zero attached hydrogens (tertiary/aromatic N) is 1. The Morgan fingerprint density at radius 3 is 2.82 bits per heavy atom. The maximum atomic E-state index is 11.8. The lowest BCUT2D eigenvalue weighted by Crippen LogP contribution is -2.25. The van der Waals surface area contributed by atoms with Gasteiger partial charge in [-0.3, -0.25) is 5.10 Å². The van der Waals surface area contributed by atoms with Gasteiger partial charge in [0.25, 0.3) is 10.0 Å². The van der Waals surface area contributed by atoms with E-state index in [2.05, 4.69) is 14.9 Å². The Morgan fingerprint density at radius 1 is 1.35 bits per heavy atom. The number of rotatable bonds is 4. The predicted molar refractivity (Wildman–Crippen MR) is 59.6 cm³/mol. The average Bonchev–Trinajstić information content (AvgIpc) is 2.85. The Hall–Kier alpha value is -1.60. The van der Waals surface area contributed by atoms with E-state index in [-0.39, 0.29) is 11.1 Å². The topological polar surface area (TPSA) is 88.0 Å². The number of aromatic nitrogens is 2. The number of furan rings is 1. The third kappa shape index (κ3) is 2.11. The van der Waals surface area contributed by atoms with Crippen molar-refractivity contribution in [3.8, 4) is 11.5 Å². The number of hydrogen-bond donors (Lipinski definition) is 2. The molecule has 2 aromatic heterocycles. The van der Waals surface area contributed by atoms with Gasteiger partial charge in [-0.1, -0.05) is 0 Å². The van der Waals surface area contributed by atoms with Crippen molar-refractivity contribution in [2.24, 2.45) is 0 Å². The molecular formula is C10H11N3O3S. The van der Waals surface area contributed by atoms with Crippen LogP contribution in [0.15, 0.2) is 33.9 Å². The summed E-state index contributed by atoms with van der Waals surface area (Å²) in [5, 5.41) is 6.43. The zero-order valence-corrected chi connectivity index (χ0v) is 9.70. The lowest BCUT2D eigenvalue weighted by Gasteiger charge is -2.00. The first-order chi connectivity index (χ1) is 8.15. The van der Waals surface area contributed by atoms with Crippen LogP contribution in [0.3, 0.4) is 0 Å². The van der Waals surface area contributed by atoms with Gasteiger partial charge in [-0.2, -0.15) is 5.10 Å². The van der Waals surface area contributed by atoms with Gasteiger partial charge in [-0.05, 0) is 31.0 Å². The molecule has 17 heavy (non-hydrogen) atoms. The molecular weight excluding hydrogens is 242 g/mol. The summed E-state index contributed by atoms with van der Waals surface area (Å²) in [6, 6.07) is 4.83. The molecule has 2 N–H and O–H groups in total. The number of H-pyrrole nitrogens is 1. The third-order valence-electron chi connectivity index (χ3n) is 2.51. The van der Waals surface area contributed by atoms with Crippen molar-refractivity contribution < 1.29 is 12.8 Å². The van der Waals surface area contributed by atoms with Crippen molar-refractivity contribution in [1.29, 1.82) is 0 Å². The lowest BCUT2D eigenvalue weighted by molar-refractivity contribution is 0.455. The largest absolute Gasteiger partial charge is 0.442 e. The molecule has 6 nitrogen and oxygen atoms in total. The minimum Gasteiger partial charge on any atom is -0.442 e. The molecule has 90 valence electrons. The second-order valence-electron chi connectivity index (χ2n) is 3.98. The van der Waals surface area contributed by atoms with Gasteiger partial charge in [0.2, 0.25) is 5.09 Å². The Bertz CT molecular complexity index is 611. The third-order valence-corrected chi connectivity index (χ3v) is 3.90. The Labute approximate surface area is 98.1 Å². The van der Waals surface area contributed by atoms with Crippen LogP contribution in [0.25, 0.3) is 11.5 Å². The van der Waals surface area contributed by atoms with E-state index in [0.717, 1.165) is 12.8 Å². The van der Waals surface area contributed by atoms with Crippen LogP contribution in [0.4, 0.5) is 0 Å². The van der Waals surface area contributed by atoms with Crippen molar-refractivity contribution in [3.63, 3.8) is 0 Å². The van der Waals surface area contributed by atoms with Crippen LogP contribution in [0, 0.1) is 0 Å². The lowest BCUT2D eigenvalue weighted by atomic mass is 10.3. The van der Waals surface area contributed by atoms with Crippen LogP contribution in [0.2, 0.25) is 0 Å². The molecule has 1 saturated carbocycles. The molecule has 3 rings (SSSR count). The quantitative estimate of drug-likeness (QED) is 0.854. The molecule has 0 unspecified atom stereocenters. The summed E-state index contributed by atoms with van der Waals surface area (Å²) in [6.07, 6.45) is 3.37. The summed E-state index contributed by atoms with van der Waals surface area (Å²) in [5.41, 5.74) is 0.651. The fourth-order valence-electron chi connectivity index (χ4n) is 1.48. The molecule has 0 aliphatic heterocycles. The number of nitrogens with one attached hydrogen (secondary N) is 2. The van der Waals surface area contributed by atoms with Crippen molar-refractivity contribution >= 4 is 10.0 Å². The van der Waals surface area contributed by atoms with Crippen molar-refractivity contribution in [3.05, 3.63) is 24.4 Å². The zero-order chi connectivity index (χ0) is 11.9. The summed E-state index contributed by atoms with van der Waals surface area (Å²) in [7, 11) is -3.52. The number of aromatic amines is 1. The normalized spacial score (nSPS) is 16.2. The van der Waals surface area contributed by atoms with E-state index >= 15 is 0 Å². The Kier molecular flexibility index (Phi) is 2.30.